The van der Waals surface area contributed by atoms with Crippen molar-refractivity contribution in [1.29, 1.82) is 0 Å². The Morgan fingerprint density at radius 1 is 1.00 bits per heavy atom. The largest absolute Gasteiger partial charge is 0.427 e. The van der Waals surface area contributed by atoms with Crippen LogP contribution in [0.25, 0.3) is 11.3 Å². The van der Waals surface area contributed by atoms with Gasteiger partial charge in [0.05, 0.1) is 16.9 Å². The fourth-order valence-electron chi connectivity index (χ4n) is 1.73. The van der Waals surface area contributed by atoms with Crippen LogP contribution < -0.4 is 5.46 Å². The molecule has 0 saturated heterocycles. The number of hydrogen-bond acceptors (Lipinski definition) is 3. The molecular weight excluding hydrogens is 273 g/mol. The molecule has 1 N–H and O–H groups in total. The van der Waals surface area contributed by atoms with E-state index in [0.29, 0.717) is 0 Å². The van der Waals surface area contributed by atoms with E-state index in [1.807, 2.05) is 57.3 Å². The van der Waals surface area contributed by atoms with E-state index in [9.17, 15) is 5.11 Å². The molecule has 2 aromatic rings. The molecule has 22 heavy (non-hydrogen) atoms. The minimum Gasteiger partial charge on any atom is -0.427 e. The van der Waals surface area contributed by atoms with E-state index in [4.69, 9.17) is 4.65 Å². The number of benzene rings is 1. The first kappa shape index (κ1) is 16.7. The Morgan fingerprint density at radius 3 is 2.14 bits per heavy atom. The van der Waals surface area contributed by atoms with Gasteiger partial charge in [0.1, 0.15) is 0 Å². The van der Waals surface area contributed by atoms with E-state index >= 15 is 0 Å². The average Bonchev–Trinajstić information content (AvgIpc) is 2.45. The first-order valence-corrected chi connectivity index (χ1v) is 7.45. The van der Waals surface area contributed by atoms with E-state index in [0.717, 1.165) is 22.3 Å². The van der Waals surface area contributed by atoms with Crippen molar-refractivity contribution < 1.29 is 9.76 Å². The maximum atomic E-state index is 10.1. The van der Waals surface area contributed by atoms with Crippen molar-refractivity contribution in [3.05, 3.63) is 48.2 Å². The maximum Gasteiger partial charge on any atom is 0.330 e. The molecule has 0 aliphatic carbocycles. The van der Waals surface area contributed by atoms with E-state index in [-0.39, 0.29) is 0 Å². The second-order valence-corrected chi connectivity index (χ2v) is 6.65. The van der Waals surface area contributed by atoms with Crippen LogP contribution in [0.3, 0.4) is 0 Å². The van der Waals surface area contributed by atoms with Crippen LogP contribution in [0.1, 0.15) is 33.3 Å². The predicted molar refractivity (Wildman–Crippen MR) is 91.3 cm³/mol. The van der Waals surface area contributed by atoms with Gasteiger partial charge in [-0.1, -0.05) is 35.8 Å². The van der Waals surface area contributed by atoms with Crippen molar-refractivity contribution in [3.8, 4) is 11.3 Å². The zero-order valence-electron chi connectivity index (χ0n) is 13.9. The molecule has 115 valence electrons. The van der Waals surface area contributed by atoms with E-state index in [1.165, 1.54) is 0 Å². The zero-order valence-corrected chi connectivity index (χ0v) is 13.9. The van der Waals surface area contributed by atoms with Crippen LogP contribution in [0.2, 0.25) is 0 Å². The van der Waals surface area contributed by atoms with Gasteiger partial charge in [0.15, 0.2) is 0 Å². The van der Waals surface area contributed by atoms with Gasteiger partial charge in [0, 0.05) is 11.8 Å². The molecule has 0 aliphatic heterocycles. The molecule has 0 fully saturated rings. The second kappa shape index (κ2) is 6.23. The SMILES string of the molecule is Cc1ccc(-c2ccc([B]OC(C)(C)C(C)(C)O)cc2)nc1. The summed E-state index contributed by atoms with van der Waals surface area (Å²) >= 11 is 0. The number of pyridine rings is 1. The molecule has 0 amide bonds. The highest BCUT2D eigenvalue weighted by Crippen LogP contribution is 2.24. The van der Waals surface area contributed by atoms with E-state index in [1.54, 1.807) is 21.3 Å². The average molecular weight is 296 g/mol. The molecular formula is C18H23BNO2. The Morgan fingerprint density at radius 2 is 1.64 bits per heavy atom. The third-order valence-corrected chi connectivity index (χ3v) is 4.08. The summed E-state index contributed by atoms with van der Waals surface area (Å²) in [5.41, 5.74) is 2.54. The lowest BCUT2D eigenvalue weighted by molar-refractivity contribution is -0.0893. The van der Waals surface area contributed by atoms with Crippen molar-refractivity contribution in [3.63, 3.8) is 0 Å². The van der Waals surface area contributed by atoms with Crippen LogP contribution in [0.5, 0.6) is 0 Å². The Labute approximate surface area is 133 Å². The van der Waals surface area contributed by atoms with Crippen LogP contribution in [-0.4, -0.2) is 28.8 Å². The van der Waals surface area contributed by atoms with Gasteiger partial charge in [-0.15, -0.1) is 0 Å². The Balaban J connectivity index is 2.05. The fraction of sp³-hybridized carbons (Fsp3) is 0.389. The van der Waals surface area contributed by atoms with Gasteiger partial charge in [-0.3, -0.25) is 4.98 Å². The Bertz CT molecular complexity index is 613. The minimum absolute atomic E-state index is 0.663. The quantitative estimate of drug-likeness (QED) is 0.863. The molecule has 1 heterocycles. The van der Waals surface area contributed by atoms with Crippen molar-refractivity contribution in [1.82, 2.24) is 4.98 Å². The highest BCUT2D eigenvalue weighted by molar-refractivity contribution is 6.47. The highest BCUT2D eigenvalue weighted by atomic mass is 16.5. The number of nitrogens with zero attached hydrogens (tertiary/aromatic N) is 1. The lowest BCUT2D eigenvalue weighted by atomic mass is 9.82. The third kappa shape index (κ3) is 3.96. The monoisotopic (exact) mass is 296 g/mol. The molecule has 0 aliphatic rings. The molecule has 1 aromatic heterocycles. The van der Waals surface area contributed by atoms with Crippen LogP contribution in [0.15, 0.2) is 42.6 Å². The molecule has 0 atom stereocenters. The van der Waals surface area contributed by atoms with Gasteiger partial charge < -0.3 is 9.76 Å². The molecule has 0 bridgehead atoms. The fourth-order valence-corrected chi connectivity index (χ4v) is 1.73. The lowest BCUT2D eigenvalue weighted by Gasteiger charge is -2.37. The lowest BCUT2D eigenvalue weighted by Crippen LogP contribution is -2.49. The summed E-state index contributed by atoms with van der Waals surface area (Å²) in [5.74, 6) is 0. The number of aryl methyl sites for hydroxylation is 1. The highest BCUT2D eigenvalue weighted by Gasteiger charge is 2.35. The van der Waals surface area contributed by atoms with E-state index < -0.39 is 11.2 Å². The number of hydrogen-bond donors (Lipinski definition) is 1. The second-order valence-electron chi connectivity index (χ2n) is 6.65. The van der Waals surface area contributed by atoms with Crippen LogP contribution >= 0.6 is 0 Å². The van der Waals surface area contributed by atoms with Gasteiger partial charge in [-0.25, -0.2) is 0 Å². The maximum absolute atomic E-state index is 10.1. The molecule has 1 aromatic carbocycles. The van der Waals surface area contributed by atoms with Crippen LogP contribution in [0, 0.1) is 6.92 Å². The van der Waals surface area contributed by atoms with Gasteiger partial charge >= 0.3 is 7.48 Å². The molecule has 2 rings (SSSR count). The normalized spacial score (nSPS) is 12.3. The first-order chi connectivity index (χ1) is 10.2. The summed E-state index contributed by atoms with van der Waals surface area (Å²) in [6, 6.07) is 12.1. The van der Waals surface area contributed by atoms with Crippen molar-refractivity contribution in [2.24, 2.45) is 0 Å². The minimum atomic E-state index is -0.921. The standard InChI is InChI=1S/C18H23BNO2/c1-13-6-11-16(20-12-13)14-7-9-15(10-8-14)19-22-18(4,5)17(2,3)21/h6-12,21H,1-5H3. The molecule has 3 nitrogen and oxygen atoms in total. The first-order valence-electron chi connectivity index (χ1n) is 7.45. The van der Waals surface area contributed by atoms with Gasteiger partial charge in [0.2, 0.25) is 0 Å². The number of rotatable bonds is 5. The third-order valence-electron chi connectivity index (χ3n) is 4.08. The Kier molecular flexibility index (Phi) is 4.73. The van der Waals surface area contributed by atoms with Crippen molar-refractivity contribution in [2.45, 2.75) is 45.8 Å². The smallest absolute Gasteiger partial charge is 0.330 e. The van der Waals surface area contributed by atoms with E-state index in [2.05, 4.69) is 11.1 Å². The molecule has 1 radical (unpaired) electrons. The summed E-state index contributed by atoms with van der Waals surface area (Å²) < 4.78 is 5.75. The van der Waals surface area contributed by atoms with Crippen molar-refractivity contribution in [2.75, 3.05) is 0 Å². The van der Waals surface area contributed by atoms with Crippen LogP contribution in [0.4, 0.5) is 0 Å². The summed E-state index contributed by atoms with van der Waals surface area (Å²) in [4.78, 5) is 4.42. The topological polar surface area (TPSA) is 42.4 Å². The number of aliphatic hydroxyl groups is 1. The van der Waals surface area contributed by atoms with Gasteiger partial charge in [0.25, 0.3) is 0 Å². The molecule has 0 saturated carbocycles. The Hall–Kier alpha value is -1.65. The van der Waals surface area contributed by atoms with Crippen molar-refractivity contribution >= 4 is 12.9 Å². The predicted octanol–water partition coefficient (Wildman–Crippen LogP) is 2.87. The van der Waals surface area contributed by atoms with Gasteiger partial charge in [-0.2, -0.15) is 0 Å². The molecule has 0 spiro atoms. The molecule has 0 unspecified atom stereocenters. The summed E-state index contributed by atoms with van der Waals surface area (Å²) in [6.07, 6.45) is 1.87. The number of aromatic nitrogens is 1. The summed E-state index contributed by atoms with van der Waals surface area (Å²) in [7, 11) is 1.68. The molecule has 4 heteroatoms. The summed E-state index contributed by atoms with van der Waals surface area (Å²) in [5, 5.41) is 10.1. The van der Waals surface area contributed by atoms with Gasteiger partial charge in [-0.05, 0) is 46.2 Å². The zero-order chi connectivity index (χ0) is 16.4. The van der Waals surface area contributed by atoms with Crippen LogP contribution in [-0.2, 0) is 4.65 Å². The summed E-state index contributed by atoms with van der Waals surface area (Å²) in [6.45, 7) is 9.25.